The SMILES string of the molecule is FC(F)(F)CNc1nnc(SCc2ccnc(Cl)c2)s1. The third kappa shape index (κ3) is 5.14. The summed E-state index contributed by atoms with van der Waals surface area (Å²) >= 11 is 8.20. The van der Waals surface area contributed by atoms with Crippen LogP contribution in [0.3, 0.4) is 0 Å². The Bertz CT molecular complexity index is 576. The van der Waals surface area contributed by atoms with Gasteiger partial charge in [0.25, 0.3) is 0 Å². The smallest absolute Gasteiger partial charge is 0.351 e. The van der Waals surface area contributed by atoms with Crippen LogP contribution in [0.2, 0.25) is 5.15 Å². The highest BCUT2D eigenvalue weighted by Crippen LogP contribution is 2.29. The average Bonchev–Trinajstić information content (AvgIpc) is 2.81. The fraction of sp³-hybridized carbons (Fsp3) is 0.300. The van der Waals surface area contributed by atoms with Crippen LogP contribution in [0.4, 0.5) is 18.3 Å². The molecule has 4 nitrogen and oxygen atoms in total. The largest absolute Gasteiger partial charge is 0.405 e. The molecule has 10 heteroatoms. The number of aromatic nitrogens is 3. The van der Waals surface area contributed by atoms with Crippen molar-refractivity contribution in [2.24, 2.45) is 0 Å². The third-order valence-electron chi connectivity index (χ3n) is 2.00. The average molecular weight is 341 g/mol. The van der Waals surface area contributed by atoms with E-state index in [-0.39, 0.29) is 5.13 Å². The molecule has 0 aliphatic carbocycles. The molecule has 0 spiro atoms. The summed E-state index contributed by atoms with van der Waals surface area (Å²) in [5.41, 5.74) is 0.954. The van der Waals surface area contributed by atoms with Crippen molar-refractivity contribution < 1.29 is 13.2 Å². The van der Waals surface area contributed by atoms with E-state index in [0.717, 1.165) is 16.9 Å². The lowest BCUT2D eigenvalue weighted by Gasteiger charge is -2.05. The van der Waals surface area contributed by atoms with Crippen molar-refractivity contribution in [2.75, 3.05) is 11.9 Å². The zero-order chi connectivity index (χ0) is 14.6. The van der Waals surface area contributed by atoms with E-state index in [1.54, 1.807) is 12.3 Å². The standard InChI is InChI=1S/C10H8ClF3N4S2/c11-7-3-6(1-2-15-7)4-19-9-18-17-8(20-9)16-5-10(12,13)14/h1-3H,4-5H2,(H,16,17). The Morgan fingerprint density at radius 1 is 1.35 bits per heavy atom. The van der Waals surface area contributed by atoms with Gasteiger partial charge in [0.05, 0.1) is 0 Å². The van der Waals surface area contributed by atoms with Crippen LogP contribution in [0.15, 0.2) is 22.7 Å². The summed E-state index contributed by atoms with van der Waals surface area (Å²) in [4.78, 5) is 3.86. The van der Waals surface area contributed by atoms with Crippen LogP contribution in [-0.4, -0.2) is 27.9 Å². The maximum atomic E-state index is 12.0. The quantitative estimate of drug-likeness (QED) is 0.661. The molecule has 0 saturated heterocycles. The maximum Gasteiger partial charge on any atom is 0.405 e. The van der Waals surface area contributed by atoms with Gasteiger partial charge in [-0.15, -0.1) is 10.2 Å². The molecule has 0 radical (unpaired) electrons. The van der Waals surface area contributed by atoms with Crippen LogP contribution in [0.5, 0.6) is 0 Å². The maximum absolute atomic E-state index is 12.0. The molecule has 108 valence electrons. The van der Waals surface area contributed by atoms with E-state index >= 15 is 0 Å². The molecule has 0 amide bonds. The predicted octanol–water partition coefficient (Wildman–Crippen LogP) is 3.85. The lowest BCUT2D eigenvalue weighted by Crippen LogP contribution is -2.21. The van der Waals surface area contributed by atoms with Gasteiger partial charge in [0.15, 0.2) is 4.34 Å². The molecule has 2 rings (SSSR count). The van der Waals surface area contributed by atoms with Gasteiger partial charge >= 0.3 is 6.18 Å². The van der Waals surface area contributed by atoms with Gasteiger partial charge in [-0.05, 0) is 17.7 Å². The Labute approximate surface area is 125 Å². The number of nitrogens with zero attached hydrogens (tertiary/aromatic N) is 3. The monoisotopic (exact) mass is 340 g/mol. The molecule has 0 saturated carbocycles. The molecular formula is C10H8ClF3N4S2. The van der Waals surface area contributed by atoms with E-state index in [4.69, 9.17) is 11.6 Å². The number of anilines is 1. The molecule has 0 unspecified atom stereocenters. The summed E-state index contributed by atoms with van der Waals surface area (Å²) in [7, 11) is 0. The van der Waals surface area contributed by atoms with Crippen molar-refractivity contribution >= 4 is 39.8 Å². The van der Waals surface area contributed by atoms with Crippen molar-refractivity contribution in [1.29, 1.82) is 0 Å². The number of hydrogen-bond acceptors (Lipinski definition) is 6. The molecule has 1 N–H and O–H groups in total. The number of hydrogen-bond donors (Lipinski definition) is 1. The molecule has 0 bridgehead atoms. The van der Waals surface area contributed by atoms with E-state index in [9.17, 15) is 13.2 Å². The Balaban J connectivity index is 1.87. The molecule has 0 aliphatic heterocycles. The zero-order valence-corrected chi connectivity index (χ0v) is 12.2. The first kappa shape index (κ1) is 15.3. The van der Waals surface area contributed by atoms with Crippen LogP contribution in [0.25, 0.3) is 0 Å². The molecule has 0 aromatic carbocycles. The Morgan fingerprint density at radius 2 is 2.15 bits per heavy atom. The summed E-state index contributed by atoms with van der Waals surface area (Å²) in [6.07, 6.45) is -2.68. The highest BCUT2D eigenvalue weighted by atomic mass is 35.5. The van der Waals surface area contributed by atoms with E-state index in [2.05, 4.69) is 20.5 Å². The summed E-state index contributed by atoms with van der Waals surface area (Å²) in [5, 5.41) is 10.2. The molecular weight excluding hydrogens is 333 g/mol. The zero-order valence-electron chi connectivity index (χ0n) is 9.82. The Morgan fingerprint density at radius 3 is 2.85 bits per heavy atom. The van der Waals surface area contributed by atoms with Crippen LogP contribution < -0.4 is 5.32 Å². The molecule has 0 aliphatic rings. The van der Waals surface area contributed by atoms with Crippen molar-refractivity contribution in [3.05, 3.63) is 29.0 Å². The van der Waals surface area contributed by atoms with Crippen molar-refractivity contribution in [2.45, 2.75) is 16.3 Å². The second-order valence-corrected chi connectivity index (χ2v) is 6.20. The van der Waals surface area contributed by atoms with Crippen LogP contribution in [0, 0.1) is 0 Å². The third-order valence-corrected chi connectivity index (χ3v) is 4.29. The summed E-state index contributed by atoms with van der Waals surface area (Å²) < 4.78 is 36.7. The highest BCUT2D eigenvalue weighted by Gasteiger charge is 2.27. The van der Waals surface area contributed by atoms with Gasteiger partial charge in [0.2, 0.25) is 5.13 Å². The summed E-state index contributed by atoms with van der Waals surface area (Å²) in [5.74, 6) is 0.593. The van der Waals surface area contributed by atoms with Gasteiger partial charge < -0.3 is 5.32 Å². The van der Waals surface area contributed by atoms with E-state index in [1.807, 2.05) is 6.07 Å². The van der Waals surface area contributed by atoms with Crippen LogP contribution in [0.1, 0.15) is 5.56 Å². The second kappa shape index (κ2) is 6.59. The predicted molar refractivity (Wildman–Crippen MR) is 73.3 cm³/mol. The fourth-order valence-corrected chi connectivity index (χ4v) is 3.08. The first-order valence-electron chi connectivity index (χ1n) is 5.30. The summed E-state index contributed by atoms with van der Waals surface area (Å²) in [6.45, 7) is -1.12. The minimum atomic E-state index is -4.27. The van der Waals surface area contributed by atoms with E-state index < -0.39 is 12.7 Å². The molecule has 0 fully saturated rings. The number of halogens is 4. The molecule has 0 atom stereocenters. The van der Waals surface area contributed by atoms with Gasteiger partial charge in [0.1, 0.15) is 11.7 Å². The molecule has 2 heterocycles. The number of nitrogens with one attached hydrogen (secondary N) is 1. The van der Waals surface area contributed by atoms with Gasteiger partial charge in [-0.1, -0.05) is 34.7 Å². The highest BCUT2D eigenvalue weighted by molar-refractivity contribution is 8.00. The van der Waals surface area contributed by atoms with E-state index in [1.165, 1.54) is 11.8 Å². The van der Waals surface area contributed by atoms with Gasteiger partial charge in [-0.25, -0.2) is 4.98 Å². The van der Waals surface area contributed by atoms with E-state index in [0.29, 0.717) is 15.2 Å². The Kier molecular flexibility index (Phi) is 5.06. The van der Waals surface area contributed by atoms with Crippen LogP contribution >= 0.6 is 34.7 Å². The molecule has 2 aromatic heterocycles. The first-order chi connectivity index (χ1) is 9.42. The van der Waals surface area contributed by atoms with Gasteiger partial charge in [0, 0.05) is 11.9 Å². The topological polar surface area (TPSA) is 50.7 Å². The molecule has 20 heavy (non-hydrogen) atoms. The second-order valence-electron chi connectivity index (χ2n) is 3.62. The lowest BCUT2D eigenvalue weighted by atomic mass is 10.3. The van der Waals surface area contributed by atoms with Crippen LogP contribution in [-0.2, 0) is 5.75 Å². The minimum absolute atomic E-state index is 0.151. The number of pyridine rings is 1. The fourth-order valence-electron chi connectivity index (χ4n) is 1.19. The minimum Gasteiger partial charge on any atom is -0.351 e. The van der Waals surface area contributed by atoms with Crippen molar-refractivity contribution in [3.63, 3.8) is 0 Å². The van der Waals surface area contributed by atoms with Gasteiger partial charge in [-0.3, -0.25) is 0 Å². The first-order valence-corrected chi connectivity index (χ1v) is 7.48. The van der Waals surface area contributed by atoms with Gasteiger partial charge in [-0.2, -0.15) is 13.2 Å². The number of rotatable bonds is 5. The summed E-state index contributed by atoms with van der Waals surface area (Å²) in [6, 6.07) is 3.53. The number of thioether (sulfide) groups is 1. The lowest BCUT2D eigenvalue weighted by molar-refractivity contribution is -0.115. The Hall–Kier alpha value is -1.06. The normalized spacial score (nSPS) is 11.6. The van der Waals surface area contributed by atoms with Crippen molar-refractivity contribution in [1.82, 2.24) is 15.2 Å². The molecule has 2 aromatic rings. The number of alkyl halides is 3. The van der Waals surface area contributed by atoms with Crippen molar-refractivity contribution in [3.8, 4) is 0 Å².